The van der Waals surface area contributed by atoms with Crippen molar-refractivity contribution < 1.29 is 9.90 Å². The number of carboxylic acid groups (broad SMARTS) is 1. The Kier molecular flexibility index (Phi) is 4.49. The zero-order chi connectivity index (χ0) is 14.9. The largest absolute Gasteiger partial charge is 0.481 e. The van der Waals surface area contributed by atoms with E-state index in [0.29, 0.717) is 12.0 Å². The highest BCUT2D eigenvalue weighted by atomic mass is 32.1. The number of rotatable bonds is 4. The number of hydrogen-bond donors (Lipinski definition) is 2. The van der Waals surface area contributed by atoms with Crippen LogP contribution in [0.4, 0.5) is 0 Å². The van der Waals surface area contributed by atoms with Crippen LogP contribution in [0.5, 0.6) is 0 Å². The predicted molar refractivity (Wildman–Crippen MR) is 80.8 cm³/mol. The SMILES string of the molecule is Cc1ncc(CNC2CCC(C(=O)O)C(C)(C)C2C)s1. The lowest BCUT2D eigenvalue weighted by molar-refractivity contribution is -0.150. The molecule has 0 saturated heterocycles. The summed E-state index contributed by atoms with van der Waals surface area (Å²) in [6.07, 6.45) is 3.61. The molecule has 1 aliphatic carbocycles. The third-order valence-corrected chi connectivity index (χ3v) is 5.86. The first-order valence-electron chi connectivity index (χ1n) is 7.20. The second-order valence-corrected chi connectivity index (χ2v) is 7.73. The highest BCUT2D eigenvalue weighted by molar-refractivity contribution is 7.11. The Morgan fingerprint density at radius 1 is 1.55 bits per heavy atom. The van der Waals surface area contributed by atoms with Crippen molar-refractivity contribution in [3.63, 3.8) is 0 Å². The molecule has 3 unspecified atom stereocenters. The van der Waals surface area contributed by atoms with Gasteiger partial charge in [0.15, 0.2) is 0 Å². The van der Waals surface area contributed by atoms with Gasteiger partial charge in [-0.15, -0.1) is 11.3 Å². The molecule has 0 aromatic carbocycles. The smallest absolute Gasteiger partial charge is 0.307 e. The highest BCUT2D eigenvalue weighted by Crippen LogP contribution is 2.45. The average molecular weight is 296 g/mol. The van der Waals surface area contributed by atoms with E-state index < -0.39 is 5.97 Å². The fourth-order valence-electron chi connectivity index (χ4n) is 3.24. The lowest BCUT2D eigenvalue weighted by Gasteiger charge is -2.46. The van der Waals surface area contributed by atoms with E-state index in [0.717, 1.165) is 24.4 Å². The maximum atomic E-state index is 11.4. The summed E-state index contributed by atoms with van der Waals surface area (Å²) in [4.78, 5) is 16.9. The molecular formula is C15H24N2O2S. The molecule has 2 rings (SSSR count). The zero-order valence-electron chi connectivity index (χ0n) is 12.6. The summed E-state index contributed by atoms with van der Waals surface area (Å²) in [6, 6.07) is 0.378. The van der Waals surface area contributed by atoms with Crippen LogP contribution in [0.3, 0.4) is 0 Å². The summed E-state index contributed by atoms with van der Waals surface area (Å²) in [6.45, 7) is 9.18. The van der Waals surface area contributed by atoms with Crippen LogP contribution in [0.2, 0.25) is 0 Å². The van der Waals surface area contributed by atoms with E-state index in [2.05, 4.69) is 31.1 Å². The van der Waals surface area contributed by atoms with Crippen molar-refractivity contribution in [1.82, 2.24) is 10.3 Å². The number of aromatic nitrogens is 1. The van der Waals surface area contributed by atoms with Gasteiger partial charge in [0.05, 0.1) is 10.9 Å². The van der Waals surface area contributed by atoms with Gasteiger partial charge in [-0.05, 0) is 31.1 Å². The van der Waals surface area contributed by atoms with Crippen molar-refractivity contribution in [3.05, 3.63) is 16.1 Å². The Hall–Kier alpha value is -0.940. The molecule has 1 aromatic rings. The lowest BCUT2D eigenvalue weighted by atomic mass is 9.61. The number of aliphatic carboxylic acids is 1. The molecule has 112 valence electrons. The number of carbonyl (C=O) groups is 1. The van der Waals surface area contributed by atoms with Crippen molar-refractivity contribution in [2.24, 2.45) is 17.3 Å². The van der Waals surface area contributed by atoms with Crippen LogP contribution in [0.15, 0.2) is 6.20 Å². The van der Waals surface area contributed by atoms with E-state index in [4.69, 9.17) is 0 Å². The monoisotopic (exact) mass is 296 g/mol. The minimum absolute atomic E-state index is 0.175. The lowest BCUT2D eigenvalue weighted by Crippen LogP contribution is -2.50. The van der Waals surface area contributed by atoms with Gasteiger partial charge in [-0.3, -0.25) is 4.79 Å². The Morgan fingerprint density at radius 3 is 2.80 bits per heavy atom. The highest BCUT2D eigenvalue weighted by Gasteiger charge is 2.45. The van der Waals surface area contributed by atoms with Gasteiger partial charge in [-0.2, -0.15) is 0 Å². The maximum absolute atomic E-state index is 11.4. The molecule has 0 radical (unpaired) electrons. The zero-order valence-corrected chi connectivity index (χ0v) is 13.5. The van der Waals surface area contributed by atoms with Gasteiger partial charge in [0.25, 0.3) is 0 Å². The van der Waals surface area contributed by atoms with E-state index in [1.54, 1.807) is 11.3 Å². The molecule has 2 N–H and O–H groups in total. The average Bonchev–Trinajstić information content (AvgIpc) is 2.76. The van der Waals surface area contributed by atoms with Crippen LogP contribution in [-0.2, 0) is 11.3 Å². The van der Waals surface area contributed by atoms with Gasteiger partial charge < -0.3 is 10.4 Å². The first kappa shape index (κ1) is 15.4. The van der Waals surface area contributed by atoms with Crippen molar-refractivity contribution >= 4 is 17.3 Å². The fourth-order valence-corrected chi connectivity index (χ4v) is 3.99. The Bertz CT molecular complexity index is 484. The molecule has 20 heavy (non-hydrogen) atoms. The standard InChI is InChI=1S/C15H24N2O2S/c1-9-13(17-8-11-7-16-10(2)20-11)6-5-12(14(18)19)15(9,3)4/h7,9,12-13,17H,5-6,8H2,1-4H3,(H,18,19). The van der Waals surface area contributed by atoms with Gasteiger partial charge in [-0.25, -0.2) is 4.98 Å². The molecule has 3 atom stereocenters. The van der Waals surface area contributed by atoms with Crippen LogP contribution >= 0.6 is 11.3 Å². The molecular weight excluding hydrogens is 272 g/mol. The third-order valence-electron chi connectivity index (χ3n) is 4.95. The first-order chi connectivity index (χ1) is 9.32. The number of hydrogen-bond acceptors (Lipinski definition) is 4. The molecule has 1 aliphatic rings. The molecule has 4 nitrogen and oxygen atoms in total. The van der Waals surface area contributed by atoms with Crippen molar-refractivity contribution in [3.8, 4) is 0 Å². The Balaban J connectivity index is 1.99. The summed E-state index contributed by atoms with van der Waals surface area (Å²) in [5.74, 6) is -0.550. The van der Waals surface area contributed by atoms with E-state index in [1.807, 2.05) is 13.1 Å². The molecule has 0 bridgehead atoms. The van der Waals surface area contributed by atoms with E-state index in [9.17, 15) is 9.90 Å². The molecule has 5 heteroatoms. The second kappa shape index (κ2) is 5.82. The number of nitrogens with one attached hydrogen (secondary N) is 1. The fraction of sp³-hybridized carbons (Fsp3) is 0.733. The molecule has 1 aromatic heterocycles. The van der Waals surface area contributed by atoms with Crippen molar-refractivity contribution in [1.29, 1.82) is 0 Å². The topological polar surface area (TPSA) is 62.2 Å². The summed E-state index contributed by atoms with van der Waals surface area (Å²) in [7, 11) is 0. The first-order valence-corrected chi connectivity index (χ1v) is 8.01. The number of thiazole rings is 1. The predicted octanol–water partition coefficient (Wildman–Crippen LogP) is 3.07. The van der Waals surface area contributed by atoms with E-state index >= 15 is 0 Å². The third kappa shape index (κ3) is 3.04. The normalized spacial score (nSPS) is 29.3. The van der Waals surface area contributed by atoms with E-state index in [1.165, 1.54) is 4.88 Å². The van der Waals surface area contributed by atoms with Gasteiger partial charge >= 0.3 is 5.97 Å². The van der Waals surface area contributed by atoms with Crippen LogP contribution in [0.25, 0.3) is 0 Å². The number of carboxylic acids is 1. The van der Waals surface area contributed by atoms with Gasteiger partial charge in [0.1, 0.15) is 0 Å². The molecule has 1 fully saturated rings. The van der Waals surface area contributed by atoms with Crippen LogP contribution in [-0.4, -0.2) is 22.1 Å². The minimum Gasteiger partial charge on any atom is -0.481 e. The summed E-state index contributed by atoms with van der Waals surface area (Å²) < 4.78 is 0. The maximum Gasteiger partial charge on any atom is 0.307 e. The Labute approximate surface area is 124 Å². The summed E-state index contributed by atoms with van der Waals surface area (Å²) >= 11 is 1.72. The number of aryl methyl sites for hydroxylation is 1. The van der Waals surface area contributed by atoms with Gasteiger partial charge in [0.2, 0.25) is 0 Å². The second-order valence-electron chi connectivity index (χ2n) is 6.41. The Morgan fingerprint density at radius 2 is 2.25 bits per heavy atom. The van der Waals surface area contributed by atoms with Crippen molar-refractivity contribution in [2.75, 3.05) is 0 Å². The quantitative estimate of drug-likeness (QED) is 0.896. The molecule has 0 spiro atoms. The van der Waals surface area contributed by atoms with Crippen LogP contribution in [0.1, 0.15) is 43.5 Å². The van der Waals surface area contributed by atoms with E-state index in [-0.39, 0.29) is 11.3 Å². The van der Waals surface area contributed by atoms with Crippen LogP contribution < -0.4 is 5.32 Å². The molecule has 0 aliphatic heterocycles. The summed E-state index contributed by atoms with van der Waals surface area (Å²) in [5, 5.41) is 14.0. The van der Waals surface area contributed by atoms with Gasteiger partial charge in [0, 0.05) is 23.7 Å². The summed E-state index contributed by atoms with van der Waals surface area (Å²) in [5.41, 5.74) is -0.175. The molecule has 1 heterocycles. The molecule has 0 amide bonds. The van der Waals surface area contributed by atoms with Crippen molar-refractivity contribution in [2.45, 2.75) is 53.1 Å². The van der Waals surface area contributed by atoms with Gasteiger partial charge in [-0.1, -0.05) is 20.8 Å². The molecule has 1 saturated carbocycles. The number of nitrogens with zero attached hydrogens (tertiary/aromatic N) is 1. The van der Waals surface area contributed by atoms with Crippen LogP contribution in [0, 0.1) is 24.2 Å². The minimum atomic E-state index is -0.654.